The predicted octanol–water partition coefficient (Wildman–Crippen LogP) is 2.35. The highest BCUT2D eigenvalue weighted by Crippen LogP contribution is 2.34. The minimum Gasteiger partial charge on any atom is -0.314 e. The van der Waals surface area contributed by atoms with Crippen LogP contribution in [0.5, 0.6) is 0 Å². The van der Waals surface area contributed by atoms with Gasteiger partial charge in [0, 0.05) is 36.8 Å². The van der Waals surface area contributed by atoms with Crippen molar-refractivity contribution in [3.8, 4) is 0 Å². The van der Waals surface area contributed by atoms with Crippen molar-refractivity contribution >= 4 is 11.6 Å². The Kier molecular flexibility index (Phi) is 3.70. The van der Waals surface area contributed by atoms with Crippen LogP contribution < -0.4 is 5.32 Å². The molecule has 0 amide bonds. The summed E-state index contributed by atoms with van der Waals surface area (Å²) >= 11 is 5.96. The van der Waals surface area contributed by atoms with E-state index in [4.69, 9.17) is 11.6 Å². The van der Waals surface area contributed by atoms with E-state index in [-0.39, 0.29) is 0 Å². The summed E-state index contributed by atoms with van der Waals surface area (Å²) in [5, 5.41) is 4.31. The van der Waals surface area contributed by atoms with Crippen LogP contribution in [0.1, 0.15) is 32.1 Å². The lowest BCUT2D eigenvalue weighted by Gasteiger charge is -2.49. The second-order valence-corrected chi connectivity index (χ2v) is 5.44. The monoisotopic (exact) mass is 228 g/mol. The maximum atomic E-state index is 5.96. The van der Waals surface area contributed by atoms with Gasteiger partial charge in [-0.3, -0.25) is 4.90 Å². The fraction of sp³-hybridized carbons (Fsp3) is 0.833. The van der Waals surface area contributed by atoms with Gasteiger partial charge in [0.05, 0.1) is 0 Å². The van der Waals surface area contributed by atoms with Gasteiger partial charge in [-0.2, -0.15) is 0 Å². The van der Waals surface area contributed by atoms with E-state index >= 15 is 0 Å². The van der Waals surface area contributed by atoms with Crippen LogP contribution in [0.2, 0.25) is 0 Å². The van der Waals surface area contributed by atoms with Crippen LogP contribution >= 0.6 is 11.6 Å². The van der Waals surface area contributed by atoms with E-state index in [2.05, 4.69) is 16.8 Å². The summed E-state index contributed by atoms with van der Waals surface area (Å²) in [5.41, 5.74) is 0.383. The molecule has 86 valence electrons. The molecule has 2 nitrogen and oxygen atoms in total. The zero-order chi connectivity index (χ0) is 10.7. The molecule has 1 N–H and O–H groups in total. The highest BCUT2D eigenvalue weighted by Gasteiger charge is 2.39. The number of piperazine rings is 1. The van der Waals surface area contributed by atoms with Gasteiger partial charge in [0.25, 0.3) is 0 Å². The average Bonchev–Trinajstić information content (AvgIpc) is 2.23. The van der Waals surface area contributed by atoms with Crippen molar-refractivity contribution in [2.24, 2.45) is 0 Å². The Bertz CT molecular complexity index is 226. The van der Waals surface area contributed by atoms with Crippen molar-refractivity contribution in [2.75, 3.05) is 26.2 Å². The van der Waals surface area contributed by atoms with Gasteiger partial charge in [-0.15, -0.1) is 0 Å². The van der Waals surface area contributed by atoms with E-state index in [0.717, 1.165) is 31.2 Å². The first kappa shape index (κ1) is 11.4. The fourth-order valence-electron chi connectivity index (χ4n) is 3.04. The number of nitrogens with zero attached hydrogens (tertiary/aromatic N) is 1. The molecule has 1 heterocycles. The average molecular weight is 229 g/mol. The van der Waals surface area contributed by atoms with Crippen molar-refractivity contribution in [3.05, 3.63) is 11.6 Å². The van der Waals surface area contributed by atoms with E-state index in [1.54, 1.807) is 0 Å². The highest BCUT2D eigenvalue weighted by atomic mass is 35.5. The molecule has 15 heavy (non-hydrogen) atoms. The zero-order valence-electron chi connectivity index (χ0n) is 9.40. The van der Waals surface area contributed by atoms with Gasteiger partial charge in [-0.1, -0.05) is 37.4 Å². The molecule has 1 aliphatic carbocycles. The highest BCUT2D eigenvalue weighted by molar-refractivity contribution is 6.29. The number of hydrogen-bond donors (Lipinski definition) is 1. The van der Waals surface area contributed by atoms with Crippen LogP contribution in [0.3, 0.4) is 0 Å². The molecule has 1 saturated carbocycles. The van der Waals surface area contributed by atoms with Crippen LogP contribution in [0.25, 0.3) is 0 Å². The molecule has 1 aliphatic heterocycles. The Morgan fingerprint density at radius 3 is 2.73 bits per heavy atom. The molecule has 0 aromatic heterocycles. The van der Waals surface area contributed by atoms with Crippen LogP contribution in [-0.4, -0.2) is 36.6 Å². The van der Waals surface area contributed by atoms with Gasteiger partial charge >= 0.3 is 0 Å². The standard InChI is InChI=1S/C12H21ClN2/c1-11(13)9-15-8-7-14-10-12(15)5-3-2-4-6-12/h14H,1-10H2. The lowest BCUT2D eigenvalue weighted by Crippen LogP contribution is -2.62. The first-order valence-corrected chi connectivity index (χ1v) is 6.40. The maximum Gasteiger partial charge on any atom is 0.0342 e. The van der Waals surface area contributed by atoms with Crippen molar-refractivity contribution in [3.63, 3.8) is 0 Å². The Hall–Kier alpha value is -0.0500. The van der Waals surface area contributed by atoms with Crippen LogP contribution in [0, 0.1) is 0 Å². The minimum absolute atomic E-state index is 0.383. The first-order chi connectivity index (χ1) is 7.23. The number of rotatable bonds is 2. The van der Waals surface area contributed by atoms with Crippen molar-refractivity contribution < 1.29 is 0 Å². The lowest BCUT2D eigenvalue weighted by atomic mass is 9.79. The van der Waals surface area contributed by atoms with Crippen LogP contribution in [-0.2, 0) is 0 Å². The Morgan fingerprint density at radius 1 is 1.33 bits per heavy atom. The van der Waals surface area contributed by atoms with E-state index in [1.807, 2.05) is 0 Å². The third-order valence-electron chi connectivity index (χ3n) is 3.83. The largest absolute Gasteiger partial charge is 0.314 e. The SMILES string of the molecule is C=C(Cl)CN1CCNCC12CCCCC2. The van der Waals surface area contributed by atoms with Gasteiger partial charge in [-0.25, -0.2) is 0 Å². The van der Waals surface area contributed by atoms with Crippen molar-refractivity contribution in [2.45, 2.75) is 37.6 Å². The molecule has 0 unspecified atom stereocenters. The molecule has 0 bridgehead atoms. The maximum absolute atomic E-state index is 5.96. The Labute approximate surface area is 97.7 Å². The summed E-state index contributed by atoms with van der Waals surface area (Å²) in [6.45, 7) is 8.04. The molecular weight excluding hydrogens is 208 g/mol. The molecule has 3 heteroatoms. The number of halogens is 1. The van der Waals surface area contributed by atoms with Gasteiger partial charge in [0.2, 0.25) is 0 Å². The molecule has 2 fully saturated rings. The van der Waals surface area contributed by atoms with Crippen molar-refractivity contribution in [1.29, 1.82) is 0 Å². The van der Waals surface area contributed by atoms with E-state index < -0.39 is 0 Å². The normalized spacial score (nSPS) is 26.7. The molecule has 2 rings (SSSR count). The van der Waals surface area contributed by atoms with Crippen LogP contribution in [0.4, 0.5) is 0 Å². The molecule has 0 aromatic rings. The molecule has 1 spiro atoms. The third kappa shape index (κ3) is 2.55. The van der Waals surface area contributed by atoms with Gasteiger partial charge in [0.1, 0.15) is 0 Å². The second kappa shape index (κ2) is 4.86. The smallest absolute Gasteiger partial charge is 0.0342 e. The molecular formula is C12H21ClN2. The summed E-state index contributed by atoms with van der Waals surface area (Å²) < 4.78 is 0. The summed E-state index contributed by atoms with van der Waals surface area (Å²) in [6.07, 6.45) is 6.78. The van der Waals surface area contributed by atoms with E-state index in [1.165, 1.54) is 32.1 Å². The molecule has 2 aliphatic rings. The number of nitrogens with one attached hydrogen (secondary N) is 1. The molecule has 0 aromatic carbocycles. The summed E-state index contributed by atoms with van der Waals surface area (Å²) in [6, 6.07) is 0. The van der Waals surface area contributed by atoms with Gasteiger partial charge in [-0.05, 0) is 12.8 Å². The first-order valence-electron chi connectivity index (χ1n) is 6.02. The topological polar surface area (TPSA) is 15.3 Å². The molecule has 0 atom stereocenters. The second-order valence-electron chi connectivity index (χ2n) is 4.90. The van der Waals surface area contributed by atoms with E-state index in [9.17, 15) is 0 Å². The van der Waals surface area contributed by atoms with E-state index in [0.29, 0.717) is 5.54 Å². The zero-order valence-corrected chi connectivity index (χ0v) is 10.2. The molecule has 1 saturated heterocycles. The van der Waals surface area contributed by atoms with Crippen molar-refractivity contribution in [1.82, 2.24) is 10.2 Å². The number of hydrogen-bond acceptors (Lipinski definition) is 2. The fourth-order valence-corrected chi connectivity index (χ4v) is 3.19. The quantitative estimate of drug-likeness (QED) is 0.781. The summed E-state index contributed by atoms with van der Waals surface area (Å²) in [7, 11) is 0. The molecule has 0 radical (unpaired) electrons. The van der Waals surface area contributed by atoms with Crippen LogP contribution in [0.15, 0.2) is 11.6 Å². The Morgan fingerprint density at radius 2 is 2.07 bits per heavy atom. The summed E-state index contributed by atoms with van der Waals surface area (Å²) in [4.78, 5) is 2.55. The Balaban J connectivity index is 2.06. The van der Waals surface area contributed by atoms with Gasteiger partial charge in [0.15, 0.2) is 0 Å². The van der Waals surface area contributed by atoms with Gasteiger partial charge < -0.3 is 5.32 Å². The summed E-state index contributed by atoms with van der Waals surface area (Å²) in [5.74, 6) is 0. The lowest BCUT2D eigenvalue weighted by molar-refractivity contribution is 0.0371. The minimum atomic E-state index is 0.383. The predicted molar refractivity (Wildman–Crippen MR) is 65.3 cm³/mol. The third-order valence-corrected chi connectivity index (χ3v) is 3.95.